The van der Waals surface area contributed by atoms with E-state index in [1.54, 1.807) is 31.4 Å². The zero-order valence-electron chi connectivity index (χ0n) is 20.8. The van der Waals surface area contributed by atoms with E-state index in [2.05, 4.69) is 15.1 Å². The molecule has 2 heterocycles. The Morgan fingerprint density at radius 3 is 2.31 bits per heavy atom. The second-order valence-electron chi connectivity index (χ2n) is 8.60. The van der Waals surface area contributed by atoms with Crippen LogP contribution in [0.1, 0.15) is 5.56 Å². The molecule has 36 heavy (non-hydrogen) atoms. The fourth-order valence-electron chi connectivity index (χ4n) is 4.55. The maximum Gasteiger partial charge on any atom is 0.329 e. The predicted octanol–water partition coefficient (Wildman–Crippen LogP) is 1.79. The molecule has 2 aliphatic rings. The molecule has 3 amide bonds. The lowest BCUT2D eigenvalue weighted by Gasteiger charge is -2.37. The first-order valence-electron chi connectivity index (χ1n) is 11.8. The molecule has 0 aromatic heterocycles. The minimum absolute atomic E-state index is 0.0933. The van der Waals surface area contributed by atoms with Gasteiger partial charge >= 0.3 is 6.03 Å². The number of urea groups is 1. The van der Waals surface area contributed by atoms with Gasteiger partial charge in [0.25, 0.3) is 5.91 Å². The topological polar surface area (TPSA) is 104 Å². The van der Waals surface area contributed by atoms with E-state index in [9.17, 15) is 14.7 Å². The van der Waals surface area contributed by atoms with Gasteiger partial charge in [-0.05, 0) is 24.3 Å². The average Bonchev–Trinajstić information content (AvgIpc) is 3.16. The van der Waals surface area contributed by atoms with E-state index in [-0.39, 0.29) is 12.2 Å². The molecule has 0 aliphatic carbocycles. The molecular formula is C26H32N4O6. The van der Waals surface area contributed by atoms with Crippen molar-refractivity contribution in [2.24, 2.45) is 0 Å². The number of methoxy groups -OCH3 is 3. The second-order valence-corrected chi connectivity index (χ2v) is 8.60. The zero-order valence-corrected chi connectivity index (χ0v) is 20.8. The largest absolute Gasteiger partial charge is 0.495 e. The van der Waals surface area contributed by atoms with Gasteiger partial charge in [-0.3, -0.25) is 14.6 Å². The Labute approximate surface area is 210 Å². The van der Waals surface area contributed by atoms with Gasteiger partial charge in [-0.15, -0.1) is 0 Å². The van der Waals surface area contributed by atoms with E-state index in [4.69, 9.17) is 14.2 Å². The highest BCUT2D eigenvalue weighted by Gasteiger charge is 2.35. The first-order valence-corrected chi connectivity index (χ1v) is 11.8. The van der Waals surface area contributed by atoms with Gasteiger partial charge in [0, 0.05) is 38.3 Å². The van der Waals surface area contributed by atoms with Crippen LogP contribution >= 0.6 is 0 Å². The van der Waals surface area contributed by atoms with E-state index >= 15 is 0 Å². The SMILES string of the molecule is COc1ccccc1N1CCN(CC(O)CN2C(=O)NC(=Cc3cccc(OC)c3OC)C2=O)CC1. The van der Waals surface area contributed by atoms with Crippen molar-refractivity contribution < 1.29 is 28.9 Å². The molecule has 2 aromatic rings. The number of hydrogen-bond acceptors (Lipinski definition) is 8. The minimum atomic E-state index is -0.872. The average molecular weight is 497 g/mol. The van der Waals surface area contributed by atoms with Crippen molar-refractivity contribution in [1.82, 2.24) is 15.1 Å². The number of ether oxygens (including phenoxy) is 3. The zero-order chi connectivity index (χ0) is 25.7. The fourth-order valence-corrected chi connectivity index (χ4v) is 4.55. The summed E-state index contributed by atoms with van der Waals surface area (Å²) >= 11 is 0. The fraction of sp³-hybridized carbons (Fsp3) is 0.385. The number of piperazine rings is 1. The van der Waals surface area contributed by atoms with Gasteiger partial charge in [-0.25, -0.2) is 4.79 Å². The molecule has 10 heteroatoms. The van der Waals surface area contributed by atoms with Crippen LogP contribution in [0.25, 0.3) is 6.08 Å². The molecule has 1 atom stereocenters. The molecule has 0 radical (unpaired) electrons. The highest BCUT2D eigenvalue weighted by atomic mass is 16.5. The molecule has 2 saturated heterocycles. The smallest absolute Gasteiger partial charge is 0.329 e. The van der Waals surface area contributed by atoms with Gasteiger partial charge in [-0.1, -0.05) is 24.3 Å². The third-order valence-electron chi connectivity index (χ3n) is 6.36. The lowest BCUT2D eigenvalue weighted by Crippen LogP contribution is -2.50. The quantitative estimate of drug-likeness (QED) is 0.400. The Kier molecular flexibility index (Phi) is 7.97. The summed E-state index contributed by atoms with van der Waals surface area (Å²) in [6.07, 6.45) is 0.675. The van der Waals surface area contributed by atoms with Crippen LogP contribution in [0.3, 0.4) is 0 Å². The molecule has 192 valence electrons. The van der Waals surface area contributed by atoms with E-state index in [0.29, 0.717) is 23.6 Å². The molecule has 0 bridgehead atoms. The normalized spacial score (nSPS) is 18.4. The molecule has 4 rings (SSSR count). The summed E-state index contributed by atoms with van der Waals surface area (Å²) < 4.78 is 16.2. The number of rotatable bonds is 9. The van der Waals surface area contributed by atoms with Crippen molar-refractivity contribution in [1.29, 1.82) is 0 Å². The van der Waals surface area contributed by atoms with Crippen LogP contribution in [0.15, 0.2) is 48.2 Å². The third kappa shape index (κ3) is 5.39. The molecule has 2 fully saturated rings. The van der Waals surface area contributed by atoms with Crippen molar-refractivity contribution in [3.63, 3.8) is 0 Å². The highest BCUT2D eigenvalue weighted by Crippen LogP contribution is 2.32. The number of aliphatic hydroxyl groups excluding tert-OH is 1. The molecule has 0 saturated carbocycles. The number of nitrogens with zero attached hydrogens (tertiary/aromatic N) is 3. The lowest BCUT2D eigenvalue weighted by atomic mass is 10.1. The van der Waals surface area contributed by atoms with Gasteiger partial charge in [-0.2, -0.15) is 0 Å². The monoisotopic (exact) mass is 496 g/mol. The number of benzene rings is 2. The van der Waals surface area contributed by atoms with Crippen LogP contribution in [-0.2, 0) is 4.79 Å². The van der Waals surface area contributed by atoms with Crippen LogP contribution in [0.4, 0.5) is 10.5 Å². The van der Waals surface area contributed by atoms with E-state index in [1.807, 2.05) is 24.3 Å². The number of aliphatic hydroxyl groups is 1. The Morgan fingerprint density at radius 1 is 0.917 bits per heavy atom. The number of carbonyl (C=O) groups is 2. The van der Waals surface area contributed by atoms with Crippen LogP contribution in [0.5, 0.6) is 17.2 Å². The number of anilines is 1. The van der Waals surface area contributed by atoms with E-state index in [1.165, 1.54) is 14.2 Å². The number of amides is 3. The number of β-amino-alcohol motifs (C(OH)–C–C–N with tert-alkyl or cyclic N) is 1. The van der Waals surface area contributed by atoms with Crippen molar-refractivity contribution in [3.8, 4) is 17.2 Å². The van der Waals surface area contributed by atoms with Crippen LogP contribution in [-0.4, -0.2) is 93.5 Å². The van der Waals surface area contributed by atoms with Crippen molar-refractivity contribution >= 4 is 23.7 Å². The summed E-state index contributed by atoms with van der Waals surface area (Å²) in [6, 6.07) is 12.6. The molecule has 2 N–H and O–H groups in total. The summed E-state index contributed by atoms with van der Waals surface area (Å²) in [5.74, 6) is 1.31. The first kappa shape index (κ1) is 25.3. The summed E-state index contributed by atoms with van der Waals surface area (Å²) in [5, 5.41) is 13.3. The summed E-state index contributed by atoms with van der Waals surface area (Å²) in [5.41, 5.74) is 1.76. The maximum absolute atomic E-state index is 12.9. The molecule has 2 aromatic carbocycles. The summed E-state index contributed by atoms with van der Waals surface area (Å²) in [6.45, 7) is 3.33. The predicted molar refractivity (Wildman–Crippen MR) is 135 cm³/mol. The van der Waals surface area contributed by atoms with Crippen molar-refractivity contribution in [2.45, 2.75) is 6.10 Å². The van der Waals surface area contributed by atoms with Gasteiger partial charge in [0.2, 0.25) is 0 Å². The van der Waals surface area contributed by atoms with Crippen molar-refractivity contribution in [3.05, 3.63) is 53.7 Å². The van der Waals surface area contributed by atoms with Crippen LogP contribution in [0, 0.1) is 0 Å². The Hall–Kier alpha value is -3.76. The van der Waals surface area contributed by atoms with Crippen molar-refractivity contribution in [2.75, 3.05) is 65.5 Å². The number of hydrogen-bond donors (Lipinski definition) is 2. The Balaban J connectivity index is 1.34. The third-order valence-corrected chi connectivity index (χ3v) is 6.36. The van der Waals surface area contributed by atoms with Gasteiger partial charge < -0.3 is 29.5 Å². The van der Waals surface area contributed by atoms with Gasteiger partial charge in [0.05, 0.1) is 39.7 Å². The first-order chi connectivity index (χ1) is 17.4. The Morgan fingerprint density at radius 2 is 1.61 bits per heavy atom. The van der Waals surface area contributed by atoms with Gasteiger partial charge in [0.15, 0.2) is 11.5 Å². The summed E-state index contributed by atoms with van der Waals surface area (Å²) in [7, 11) is 4.70. The number of para-hydroxylation sites is 3. The number of nitrogens with one attached hydrogen (secondary N) is 1. The molecule has 10 nitrogen and oxygen atoms in total. The standard InChI is InChI=1S/C26H32N4O6/c1-34-22-9-5-4-8-21(22)29-13-11-28(12-14-29)16-19(31)17-30-25(32)20(27-26(30)33)15-18-7-6-10-23(35-2)24(18)36-3/h4-10,15,19,31H,11-14,16-17H2,1-3H3,(H,27,33). The van der Waals surface area contributed by atoms with Crippen LogP contribution < -0.4 is 24.4 Å². The number of imide groups is 1. The Bertz CT molecular complexity index is 1130. The maximum atomic E-state index is 12.9. The van der Waals surface area contributed by atoms with E-state index in [0.717, 1.165) is 42.5 Å². The molecule has 0 spiro atoms. The second kappa shape index (κ2) is 11.3. The summed E-state index contributed by atoms with van der Waals surface area (Å²) in [4.78, 5) is 30.8. The molecule has 2 aliphatic heterocycles. The number of carbonyl (C=O) groups excluding carboxylic acids is 2. The lowest BCUT2D eigenvalue weighted by molar-refractivity contribution is -0.124. The van der Waals surface area contributed by atoms with Gasteiger partial charge in [0.1, 0.15) is 11.4 Å². The van der Waals surface area contributed by atoms with Crippen LogP contribution in [0.2, 0.25) is 0 Å². The molecular weight excluding hydrogens is 464 g/mol. The molecule has 1 unspecified atom stereocenters. The minimum Gasteiger partial charge on any atom is -0.495 e. The highest BCUT2D eigenvalue weighted by molar-refractivity contribution is 6.14. The van der Waals surface area contributed by atoms with E-state index < -0.39 is 18.0 Å².